The van der Waals surface area contributed by atoms with E-state index in [4.69, 9.17) is 10.6 Å². The van der Waals surface area contributed by atoms with Gasteiger partial charge in [-0.3, -0.25) is 5.84 Å². The summed E-state index contributed by atoms with van der Waals surface area (Å²) in [5, 5.41) is 1.16. The third kappa shape index (κ3) is 2.36. The van der Waals surface area contributed by atoms with Crippen molar-refractivity contribution in [3.05, 3.63) is 0 Å². The molecule has 0 radical (unpaired) electrons. The zero-order chi connectivity index (χ0) is 9.19. The van der Waals surface area contributed by atoms with Gasteiger partial charge in [-0.25, -0.2) is 13.8 Å². The normalized spacial score (nSPS) is 29.5. The summed E-state index contributed by atoms with van der Waals surface area (Å²) >= 11 is 0. The number of rotatable bonds is 3. The van der Waals surface area contributed by atoms with Gasteiger partial charge in [-0.05, 0) is 6.92 Å². The molecule has 0 spiro atoms. The fourth-order valence-electron chi connectivity index (χ4n) is 1.33. The molecule has 2 N–H and O–H groups in total. The van der Waals surface area contributed by atoms with Gasteiger partial charge < -0.3 is 4.74 Å². The van der Waals surface area contributed by atoms with E-state index in [0.29, 0.717) is 13.2 Å². The molecule has 3 nitrogen and oxygen atoms in total. The molecule has 72 valence electrons. The van der Waals surface area contributed by atoms with Crippen molar-refractivity contribution in [1.29, 1.82) is 0 Å². The highest BCUT2D eigenvalue weighted by molar-refractivity contribution is 4.87. The second-order valence-electron chi connectivity index (χ2n) is 3.05. The van der Waals surface area contributed by atoms with Crippen LogP contribution in [0.25, 0.3) is 0 Å². The highest BCUT2D eigenvalue weighted by Gasteiger charge is 2.43. The minimum atomic E-state index is -2.64. The lowest BCUT2D eigenvalue weighted by atomic mass is 10.2. The summed E-state index contributed by atoms with van der Waals surface area (Å²) in [5.74, 6) is 2.73. The molecule has 1 saturated heterocycles. The molecule has 0 aromatic rings. The number of halogens is 2. The molecule has 0 aromatic carbocycles. The van der Waals surface area contributed by atoms with Crippen LogP contribution in [0, 0.1) is 0 Å². The molecule has 0 amide bonds. The van der Waals surface area contributed by atoms with E-state index in [9.17, 15) is 8.78 Å². The summed E-state index contributed by atoms with van der Waals surface area (Å²) in [6, 6.07) is -0.333. The highest BCUT2D eigenvalue weighted by Crippen LogP contribution is 2.29. The van der Waals surface area contributed by atoms with Crippen LogP contribution in [-0.4, -0.2) is 36.7 Å². The van der Waals surface area contributed by atoms with Crippen molar-refractivity contribution >= 4 is 0 Å². The van der Waals surface area contributed by atoms with Crippen molar-refractivity contribution in [1.82, 2.24) is 5.01 Å². The van der Waals surface area contributed by atoms with E-state index >= 15 is 0 Å². The first kappa shape index (κ1) is 9.83. The summed E-state index contributed by atoms with van der Waals surface area (Å²) in [6.45, 7) is 2.30. The van der Waals surface area contributed by atoms with Gasteiger partial charge in [-0.15, -0.1) is 0 Å². The highest BCUT2D eigenvalue weighted by atomic mass is 19.3. The summed E-state index contributed by atoms with van der Waals surface area (Å²) < 4.78 is 30.4. The lowest BCUT2D eigenvalue weighted by molar-refractivity contribution is 0.0114. The van der Waals surface area contributed by atoms with Crippen LogP contribution in [0.3, 0.4) is 0 Å². The van der Waals surface area contributed by atoms with Gasteiger partial charge in [-0.1, -0.05) is 0 Å². The second kappa shape index (κ2) is 3.64. The quantitative estimate of drug-likeness (QED) is 0.646. The van der Waals surface area contributed by atoms with E-state index in [1.807, 2.05) is 6.92 Å². The number of nitrogens with zero attached hydrogens (tertiary/aromatic N) is 1. The van der Waals surface area contributed by atoms with E-state index in [1.54, 1.807) is 0 Å². The number of hydrazine groups is 1. The Morgan fingerprint density at radius 1 is 1.67 bits per heavy atom. The maximum absolute atomic E-state index is 12.7. The predicted octanol–water partition coefficient (Wildman–Crippen LogP) is 0.606. The van der Waals surface area contributed by atoms with Gasteiger partial charge in [-0.2, -0.15) is 0 Å². The molecule has 1 atom stereocenters. The first-order valence-corrected chi connectivity index (χ1v) is 4.02. The average Bonchev–Trinajstić information content (AvgIpc) is 2.20. The summed E-state index contributed by atoms with van der Waals surface area (Å²) in [7, 11) is 0. The van der Waals surface area contributed by atoms with Crippen LogP contribution in [0.5, 0.6) is 0 Å². The van der Waals surface area contributed by atoms with E-state index in [0.717, 1.165) is 5.01 Å². The first-order valence-electron chi connectivity index (χ1n) is 4.02. The third-order valence-corrected chi connectivity index (χ3v) is 1.93. The number of nitrogens with two attached hydrogens (primary N) is 1. The topological polar surface area (TPSA) is 38.5 Å². The van der Waals surface area contributed by atoms with Crippen molar-refractivity contribution in [3.8, 4) is 0 Å². The lowest BCUT2D eigenvalue weighted by Gasteiger charge is -2.16. The van der Waals surface area contributed by atoms with Crippen LogP contribution in [0.15, 0.2) is 0 Å². The second-order valence-corrected chi connectivity index (χ2v) is 3.05. The summed E-state index contributed by atoms with van der Waals surface area (Å²) in [5.41, 5.74) is 0. The number of hydrogen-bond acceptors (Lipinski definition) is 3. The Kier molecular flexibility index (Phi) is 2.98. The van der Waals surface area contributed by atoms with Crippen LogP contribution in [0.4, 0.5) is 8.78 Å². The summed E-state index contributed by atoms with van der Waals surface area (Å²) in [6.07, 6.45) is -0.191. The Morgan fingerprint density at radius 3 is 2.75 bits per heavy atom. The van der Waals surface area contributed by atoms with Crippen molar-refractivity contribution in [3.63, 3.8) is 0 Å². The third-order valence-electron chi connectivity index (χ3n) is 1.93. The minimum absolute atomic E-state index is 0.191. The molecule has 1 aliphatic heterocycles. The zero-order valence-electron chi connectivity index (χ0n) is 7.09. The number of hydrogen-bond donors (Lipinski definition) is 1. The number of ether oxygens (including phenoxy) is 1. The molecule has 0 unspecified atom stereocenters. The van der Waals surface area contributed by atoms with E-state index < -0.39 is 5.92 Å². The predicted molar refractivity (Wildman–Crippen MR) is 40.7 cm³/mol. The maximum atomic E-state index is 12.7. The SMILES string of the molecule is CCOC[C@@H]1CC(F)(F)CN1N. The molecule has 1 heterocycles. The van der Waals surface area contributed by atoms with Crippen molar-refractivity contribution < 1.29 is 13.5 Å². The van der Waals surface area contributed by atoms with Crippen molar-refractivity contribution in [2.75, 3.05) is 19.8 Å². The largest absolute Gasteiger partial charge is 0.380 e. The molecular weight excluding hydrogens is 166 g/mol. The van der Waals surface area contributed by atoms with Gasteiger partial charge >= 0.3 is 0 Å². The van der Waals surface area contributed by atoms with Gasteiger partial charge in [0.05, 0.1) is 19.2 Å². The van der Waals surface area contributed by atoms with E-state index in [2.05, 4.69) is 0 Å². The van der Waals surface area contributed by atoms with Crippen LogP contribution in [0.1, 0.15) is 13.3 Å². The lowest BCUT2D eigenvalue weighted by Crippen LogP contribution is -2.39. The standard InChI is InChI=1S/C7H14F2N2O/c1-2-12-4-6-3-7(8,9)5-11(6)10/h6H,2-5,10H2,1H3/t6-/m0/s1. The fourth-order valence-corrected chi connectivity index (χ4v) is 1.33. The van der Waals surface area contributed by atoms with Gasteiger partial charge in [0.15, 0.2) is 0 Å². The molecule has 1 aliphatic rings. The molecule has 0 aliphatic carbocycles. The molecule has 0 aromatic heterocycles. The van der Waals surface area contributed by atoms with Gasteiger partial charge in [0.25, 0.3) is 5.92 Å². The minimum Gasteiger partial charge on any atom is -0.380 e. The van der Waals surface area contributed by atoms with E-state index in [1.165, 1.54) is 0 Å². The van der Waals surface area contributed by atoms with Crippen LogP contribution >= 0.6 is 0 Å². The van der Waals surface area contributed by atoms with Crippen LogP contribution in [-0.2, 0) is 4.74 Å². The maximum Gasteiger partial charge on any atom is 0.263 e. The summed E-state index contributed by atoms with van der Waals surface area (Å²) in [4.78, 5) is 0. The first-order chi connectivity index (χ1) is 5.55. The fraction of sp³-hybridized carbons (Fsp3) is 1.00. The average molecular weight is 180 g/mol. The molecule has 1 fully saturated rings. The molecule has 5 heteroatoms. The zero-order valence-corrected chi connectivity index (χ0v) is 7.09. The van der Waals surface area contributed by atoms with Crippen molar-refractivity contribution in [2.45, 2.75) is 25.3 Å². The van der Waals surface area contributed by atoms with Gasteiger partial charge in [0.1, 0.15) is 0 Å². The van der Waals surface area contributed by atoms with Crippen LogP contribution < -0.4 is 5.84 Å². The van der Waals surface area contributed by atoms with Gasteiger partial charge in [0.2, 0.25) is 0 Å². The Bertz CT molecular complexity index is 154. The molecule has 0 saturated carbocycles. The molecule has 1 rings (SSSR count). The van der Waals surface area contributed by atoms with Crippen molar-refractivity contribution in [2.24, 2.45) is 5.84 Å². The molecular formula is C7H14F2N2O. The Labute approximate surface area is 70.4 Å². The van der Waals surface area contributed by atoms with E-state index in [-0.39, 0.29) is 19.0 Å². The Hall–Kier alpha value is -0.260. The number of alkyl halides is 2. The monoisotopic (exact) mass is 180 g/mol. The Balaban J connectivity index is 2.36. The van der Waals surface area contributed by atoms with Gasteiger partial charge in [0, 0.05) is 13.0 Å². The Morgan fingerprint density at radius 2 is 2.33 bits per heavy atom. The smallest absolute Gasteiger partial charge is 0.263 e. The molecule has 0 bridgehead atoms. The molecule has 12 heavy (non-hydrogen) atoms. The van der Waals surface area contributed by atoms with Crippen LogP contribution in [0.2, 0.25) is 0 Å².